The molecule has 0 radical (unpaired) electrons. The molecular weight excluding hydrogens is 259 g/mol. The van der Waals surface area contributed by atoms with Crippen molar-refractivity contribution in [1.29, 1.82) is 0 Å². The van der Waals surface area contributed by atoms with Crippen LogP contribution in [-0.2, 0) is 12.8 Å². The van der Waals surface area contributed by atoms with Gasteiger partial charge in [-0.1, -0.05) is 12.1 Å². The highest BCUT2D eigenvalue weighted by molar-refractivity contribution is 7.11. The topological polar surface area (TPSA) is 38.9 Å². The highest BCUT2D eigenvalue weighted by Crippen LogP contribution is 2.34. The molecule has 1 atom stereocenters. The number of aryl methyl sites for hydroxylation is 1. The first-order valence-electron chi connectivity index (χ1n) is 6.69. The first kappa shape index (κ1) is 12.8. The Kier molecular flexibility index (Phi) is 3.62. The molecular formula is C15H17FN2S. The molecule has 0 spiro atoms. The monoisotopic (exact) mass is 276 g/mol. The summed E-state index contributed by atoms with van der Waals surface area (Å²) in [4.78, 5) is 6.17. The third kappa shape index (κ3) is 2.69. The number of aromatic nitrogens is 1. The van der Waals surface area contributed by atoms with Crippen molar-refractivity contribution < 1.29 is 4.39 Å². The minimum Gasteiger partial charge on any atom is -0.330 e. The Morgan fingerprint density at radius 3 is 2.84 bits per heavy atom. The maximum absolute atomic E-state index is 12.9. The minimum absolute atomic E-state index is 0.189. The van der Waals surface area contributed by atoms with E-state index in [0.29, 0.717) is 12.5 Å². The molecule has 0 aliphatic heterocycles. The zero-order valence-corrected chi connectivity index (χ0v) is 11.5. The number of nitrogens with two attached hydrogens (primary N) is 1. The van der Waals surface area contributed by atoms with Crippen LogP contribution >= 0.6 is 11.3 Å². The third-order valence-electron chi connectivity index (χ3n) is 3.67. The summed E-state index contributed by atoms with van der Waals surface area (Å²) < 4.78 is 12.9. The Balaban J connectivity index is 1.82. The molecule has 0 bridgehead atoms. The number of nitrogens with zero attached hydrogens (tertiary/aromatic N) is 1. The van der Waals surface area contributed by atoms with Gasteiger partial charge in [-0.25, -0.2) is 9.37 Å². The van der Waals surface area contributed by atoms with Crippen molar-refractivity contribution in [2.75, 3.05) is 6.54 Å². The molecule has 1 aromatic heterocycles. The van der Waals surface area contributed by atoms with Crippen molar-refractivity contribution in [3.05, 3.63) is 51.2 Å². The van der Waals surface area contributed by atoms with Gasteiger partial charge >= 0.3 is 0 Å². The molecule has 1 heterocycles. The van der Waals surface area contributed by atoms with Crippen LogP contribution in [0.4, 0.5) is 4.39 Å². The van der Waals surface area contributed by atoms with Gasteiger partial charge in [0.25, 0.3) is 0 Å². The van der Waals surface area contributed by atoms with E-state index in [4.69, 9.17) is 10.7 Å². The van der Waals surface area contributed by atoms with E-state index in [-0.39, 0.29) is 5.82 Å². The van der Waals surface area contributed by atoms with Gasteiger partial charge in [0, 0.05) is 23.8 Å². The second-order valence-corrected chi connectivity index (χ2v) is 6.21. The number of benzene rings is 1. The lowest BCUT2D eigenvalue weighted by Gasteiger charge is -2.18. The minimum atomic E-state index is -0.189. The standard InChI is InChI=1S/C15H17FN2S/c16-12-6-4-10(5-7-12)8-14-18-15-11(9-17)2-1-3-13(15)19-14/h4-7,11H,1-3,8-9,17H2. The molecule has 1 aliphatic carbocycles. The van der Waals surface area contributed by atoms with Crippen molar-refractivity contribution >= 4 is 11.3 Å². The first-order valence-corrected chi connectivity index (χ1v) is 7.51. The van der Waals surface area contributed by atoms with Crippen LogP contribution in [0.15, 0.2) is 24.3 Å². The van der Waals surface area contributed by atoms with Crippen molar-refractivity contribution in [3.8, 4) is 0 Å². The summed E-state index contributed by atoms with van der Waals surface area (Å²) in [5, 5.41) is 1.12. The SMILES string of the molecule is NCC1CCCc2sc(Cc3ccc(F)cc3)nc21. The lowest BCUT2D eigenvalue weighted by molar-refractivity contribution is 0.553. The highest BCUT2D eigenvalue weighted by Gasteiger charge is 2.23. The molecule has 0 fully saturated rings. The molecule has 2 nitrogen and oxygen atoms in total. The predicted molar refractivity (Wildman–Crippen MR) is 76.1 cm³/mol. The molecule has 100 valence electrons. The van der Waals surface area contributed by atoms with Crippen LogP contribution in [0, 0.1) is 5.82 Å². The second-order valence-electron chi connectivity index (χ2n) is 5.04. The lowest BCUT2D eigenvalue weighted by atomic mass is 9.91. The van der Waals surface area contributed by atoms with Crippen molar-refractivity contribution in [2.45, 2.75) is 31.6 Å². The number of rotatable bonds is 3. The quantitative estimate of drug-likeness (QED) is 0.934. The van der Waals surface area contributed by atoms with Gasteiger partial charge in [0.15, 0.2) is 0 Å². The number of halogens is 1. The predicted octanol–water partition coefficient (Wildman–Crippen LogP) is 3.25. The fourth-order valence-electron chi connectivity index (χ4n) is 2.64. The molecule has 19 heavy (non-hydrogen) atoms. The van der Waals surface area contributed by atoms with E-state index in [2.05, 4.69) is 0 Å². The number of hydrogen-bond donors (Lipinski definition) is 1. The van der Waals surface area contributed by atoms with E-state index in [1.807, 2.05) is 12.1 Å². The van der Waals surface area contributed by atoms with E-state index < -0.39 is 0 Å². The Hall–Kier alpha value is -1.26. The van der Waals surface area contributed by atoms with Crippen LogP contribution in [0.2, 0.25) is 0 Å². The molecule has 0 saturated carbocycles. The molecule has 1 unspecified atom stereocenters. The number of fused-ring (bicyclic) bond motifs is 1. The second kappa shape index (κ2) is 5.39. The van der Waals surface area contributed by atoms with Gasteiger partial charge in [-0.2, -0.15) is 0 Å². The number of thiazole rings is 1. The Morgan fingerprint density at radius 1 is 1.32 bits per heavy atom. The van der Waals surface area contributed by atoms with Gasteiger partial charge in [0.2, 0.25) is 0 Å². The van der Waals surface area contributed by atoms with E-state index >= 15 is 0 Å². The Labute approximate surface area is 116 Å². The molecule has 3 rings (SSSR count). The fourth-order valence-corrected chi connectivity index (χ4v) is 3.87. The molecule has 1 aliphatic rings. The van der Waals surface area contributed by atoms with E-state index in [0.717, 1.165) is 29.8 Å². The van der Waals surface area contributed by atoms with Crippen LogP contribution in [0.5, 0.6) is 0 Å². The van der Waals surface area contributed by atoms with Crippen molar-refractivity contribution in [3.63, 3.8) is 0 Å². The van der Waals surface area contributed by atoms with Crippen LogP contribution in [0.25, 0.3) is 0 Å². The van der Waals surface area contributed by atoms with Crippen LogP contribution in [-0.4, -0.2) is 11.5 Å². The molecule has 2 N–H and O–H groups in total. The van der Waals surface area contributed by atoms with Gasteiger partial charge in [0.05, 0.1) is 10.7 Å². The highest BCUT2D eigenvalue weighted by atomic mass is 32.1. The zero-order chi connectivity index (χ0) is 13.2. The zero-order valence-electron chi connectivity index (χ0n) is 10.7. The largest absolute Gasteiger partial charge is 0.330 e. The number of hydrogen-bond acceptors (Lipinski definition) is 3. The lowest BCUT2D eigenvalue weighted by Crippen LogP contribution is -2.17. The molecule has 1 aromatic carbocycles. The summed E-state index contributed by atoms with van der Waals surface area (Å²) in [6.45, 7) is 0.687. The maximum atomic E-state index is 12.9. The third-order valence-corrected chi connectivity index (χ3v) is 4.80. The van der Waals surface area contributed by atoms with Gasteiger partial charge < -0.3 is 5.73 Å². The normalized spacial score (nSPS) is 18.3. The maximum Gasteiger partial charge on any atom is 0.123 e. The van der Waals surface area contributed by atoms with Gasteiger partial charge in [-0.05, 0) is 37.0 Å². The molecule has 0 amide bonds. The van der Waals surface area contributed by atoms with Crippen molar-refractivity contribution in [2.24, 2.45) is 5.73 Å². The summed E-state index contributed by atoms with van der Waals surface area (Å²) in [6, 6.07) is 6.67. The average Bonchev–Trinajstić information content (AvgIpc) is 2.83. The van der Waals surface area contributed by atoms with Gasteiger partial charge in [0.1, 0.15) is 5.82 Å². The van der Waals surface area contributed by atoms with Crippen LogP contribution < -0.4 is 5.73 Å². The summed E-state index contributed by atoms with van der Waals surface area (Å²) in [5.74, 6) is 0.243. The Morgan fingerprint density at radius 2 is 2.11 bits per heavy atom. The summed E-state index contributed by atoms with van der Waals surface area (Å²) in [6.07, 6.45) is 4.29. The van der Waals surface area contributed by atoms with Crippen LogP contribution in [0.1, 0.15) is 39.9 Å². The van der Waals surface area contributed by atoms with E-state index in [1.165, 1.54) is 29.1 Å². The summed E-state index contributed by atoms with van der Waals surface area (Å²) >= 11 is 1.79. The van der Waals surface area contributed by atoms with Gasteiger partial charge in [-0.3, -0.25) is 0 Å². The molecule has 4 heteroatoms. The van der Waals surface area contributed by atoms with Crippen molar-refractivity contribution in [1.82, 2.24) is 4.98 Å². The average molecular weight is 276 g/mol. The molecule has 0 saturated heterocycles. The Bertz CT molecular complexity index is 562. The molecule has 2 aromatic rings. The van der Waals surface area contributed by atoms with E-state index in [1.54, 1.807) is 11.3 Å². The van der Waals surface area contributed by atoms with Crippen LogP contribution in [0.3, 0.4) is 0 Å². The van der Waals surface area contributed by atoms with E-state index in [9.17, 15) is 4.39 Å². The fraction of sp³-hybridized carbons (Fsp3) is 0.400. The van der Waals surface area contributed by atoms with Gasteiger partial charge in [-0.15, -0.1) is 11.3 Å². The first-order chi connectivity index (χ1) is 9.26. The summed E-state index contributed by atoms with van der Waals surface area (Å²) in [7, 11) is 0. The smallest absolute Gasteiger partial charge is 0.123 e. The summed E-state index contributed by atoms with van der Waals surface area (Å²) in [5.41, 5.74) is 8.15.